The number of ether oxygens (including phenoxy) is 1. The van der Waals surface area contributed by atoms with Gasteiger partial charge in [-0.15, -0.1) is 22.7 Å². The third-order valence-electron chi connectivity index (χ3n) is 4.32. The van der Waals surface area contributed by atoms with Crippen LogP contribution in [-0.2, 0) is 26.7 Å². The Balaban J connectivity index is 1.65. The Morgan fingerprint density at radius 1 is 1.31 bits per heavy atom. The van der Waals surface area contributed by atoms with Gasteiger partial charge in [0.15, 0.2) is 9.84 Å². The van der Waals surface area contributed by atoms with Crippen LogP contribution in [0.1, 0.15) is 38.2 Å². The molecule has 3 aromatic rings. The standard InChI is InChI=1S/C18H16N2O5S4/c1-2-25-18(22)14-11-4-6-29(23,24)9-13(11)28-17(14)20-15(21)12-8-27-16(19-12)10-3-5-26-7-10/h3,5,7-8H,2,4,6,9H2,1H3,(H,20,21). The first-order valence-electron chi connectivity index (χ1n) is 8.69. The molecule has 0 saturated heterocycles. The zero-order valence-electron chi connectivity index (χ0n) is 15.3. The SMILES string of the molecule is CCOC(=O)c1c(NC(=O)c2csc(-c3ccsc3)n2)sc2c1CCS(=O)(=O)C2. The maximum Gasteiger partial charge on any atom is 0.341 e. The summed E-state index contributed by atoms with van der Waals surface area (Å²) >= 11 is 4.02. The lowest BCUT2D eigenvalue weighted by Gasteiger charge is -2.13. The molecule has 29 heavy (non-hydrogen) atoms. The number of aromatic nitrogens is 1. The van der Waals surface area contributed by atoms with E-state index in [1.54, 1.807) is 23.6 Å². The van der Waals surface area contributed by atoms with E-state index in [0.717, 1.165) is 21.9 Å². The average molecular weight is 469 g/mol. The molecule has 1 amide bonds. The molecule has 4 rings (SSSR count). The number of esters is 1. The second-order valence-corrected chi connectivity index (χ2v) is 11.2. The van der Waals surface area contributed by atoms with E-state index in [1.165, 1.54) is 11.3 Å². The Bertz CT molecular complexity index is 1180. The smallest absolute Gasteiger partial charge is 0.341 e. The predicted octanol–water partition coefficient (Wildman–Crippen LogP) is 3.83. The van der Waals surface area contributed by atoms with Crippen LogP contribution in [0.15, 0.2) is 22.2 Å². The van der Waals surface area contributed by atoms with Crippen molar-refractivity contribution >= 4 is 60.7 Å². The quantitative estimate of drug-likeness (QED) is 0.571. The van der Waals surface area contributed by atoms with Gasteiger partial charge >= 0.3 is 5.97 Å². The van der Waals surface area contributed by atoms with E-state index in [0.29, 0.717) is 15.4 Å². The minimum atomic E-state index is -3.20. The number of carbonyl (C=O) groups is 2. The number of thiazole rings is 1. The predicted molar refractivity (Wildman–Crippen MR) is 115 cm³/mol. The summed E-state index contributed by atoms with van der Waals surface area (Å²) in [5, 5.41) is 9.33. The van der Waals surface area contributed by atoms with Gasteiger partial charge in [-0.05, 0) is 30.4 Å². The van der Waals surface area contributed by atoms with Crippen LogP contribution in [0.4, 0.5) is 5.00 Å². The number of thiophene rings is 2. The Morgan fingerprint density at radius 2 is 2.14 bits per heavy atom. The lowest BCUT2D eigenvalue weighted by Crippen LogP contribution is -2.20. The molecule has 1 N–H and O–H groups in total. The Kier molecular flexibility index (Phi) is 5.56. The highest BCUT2D eigenvalue weighted by atomic mass is 32.2. The summed E-state index contributed by atoms with van der Waals surface area (Å²) in [5.41, 5.74) is 2.09. The number of amides is 1. The molecule has 0 spiro atoms. The van der Waals surface area contributed by atoms with Crippen molar-refractivity contribution in [2.24, 2.45) is 0 Å². The average Bonchev–Trinajstić information content (AvgIpc) is 3.39. The molecule has 0 radical (unpaired) electrons. The molecule has 0 saturated carbocycles. The Morgan fingerprint density at radius 3 is 2.86 bits per heavy atom. The van der Waals surface area contributed by atoms with Crippen molar-refractivity contribution in [3.63, 3.8) is 0 Å². The third-order valence-corrected chi connectivity index (χ3v) is 8.78. The van der Waals surface area contributed by atoms with Crippen LogP contribution in [0, 0.1) is 0 Å². The number of nitrogens with one attached hydrogen (secondary N) is 1. The van der Waals surface area contributed by atoms with E-state index in [2.05, 4.69) is 10.3 Å². The second kappa shape index (κ2) is 7.98. The normalized spacial score (nSPS) is 14.9. The largest absolute Gasteiger partial charge is 0.462 e. The summed E-state index contributed by atoms with van der Waals surface area (Å²) in [6, 6.07) is 1.93. The molecule has 3 aromatic heterocycles. The van der Waals surface area contributed by atoms with Gasteiger partial charge in [0, 0.05) is 21.2 Å². The van der Waals surface area contributed by atoms with Crippen molar-refractivity contribution in [1.29, 1.82) is 0 Å². The minimum absolute atomic E-state index is 0.0212. The monoisotopic (exact) mass is 468 g/mol. The summed E-state index contributed by atoms with van der Waals surface area (Å²) in [5.74, 6) is -1.16. The van der Waals surface area contributed by atoms with Gasteiger partial charge in [-0.2, -0.15) is 11.3 Å². The van der Waals surface area contributed by atoms with E-state index in [9.17, 15) is 18.0 Å². The molecular formula is C18H16N2O5S4. The van der Waals surface area contributed by atoms with E-state index in [1.807, 2.05) is 16.8 Å². The highest BCUT2D eigenvalue weighted by molar-refractivity contribution is 7.90. The Hall–Kier alpha value is -2.08. The van der Waals surface area contributed by atoms with Gasteiger partial charge in [-0.25, -0.2) is 18.2 Å². The van der Waals surface area contributed by atoms with Gasteiger partial charge in [-0.3, -0.25) is 4.79 Å². The molecule has 4 heterocycles. The first-order chi connectivity index (χ1) is 13.9. The first-order valence-corrected chi connectivity index (χ1v) is 13.2. The highest BCUT2D eigenvalue weighted by Crippen LogP contribution is 2.38. The van der Waals surface area contributed by atoms with Gasteiger partial charge in [0.1, 0.15) is 15.7 Å². The Labute approximate surface area is 179 Å². The second-order valence-electron chi connectivity index (χ2n) is 6.27. The van der Waals surface area contributed by atoms with Crippen LogP contribution in [-0.4, -0.2) is 37.6 Å². The third kappa shape index (κ3) is 4.13. The fourth-order valence-corrected chi connectivity index (χ4v) is 7.54. The fourth-order valence-electron chi connectivity index (χ4n) is 2.99. The maximum atomic E-state index is 12.7. The topological polar surface area (TPSA) is 102 Å². The molecule has 0 fully saturated rings. The van der Waals surface area contributed by atoms with E-state index in [-0.39, 0.29) is 35.8 Å². The minimum Gasteiger partial charge on any atom is -0.462 e. The van der Waals surface area contributed by atoms with Gasteiger partial charge in [-0.1, -0.05) is 0 Å². The number of rotatable bonds is 5. The number of nitrogens with zero attached hydrogens (tertiary/aromatic N) is 1. The lowest BCUT2D eigenvalue weighted by molar-refractivity contribution is 0.0527. The van der Waals surface area contributed by atoms with Crippen molar-refractivity contribution in [2.45, 2.75) is 19.1 Å². The van der Waals surface area contributed by atoms with Crippen LogP contribution in [0.5, 0.6) is 0 Å². The molecule has 0 unspecified atom stereocenters. The molecule has 152 valence electrons. The van der Waals surface area contributed by atoms with Crippen LogP contribution >= 0.6 is 34.0 Å². The zero-order chi connectivity index (χ0) is 20.6. The van der Waals surface area contributed by atoms with Crippen LogP contribution in [0.3, 0.4) is 0 Å². The summed E-state index contributed by atoms with van der Waals surface area (Å²) in [4.78, 5) is 30.2. The van der Waals surface area contributed by atoms with Gasteiger partial charge < -0.3 is 10.1 Å². The van der Waals surface area contributed by atoms with Crippen molar-refractivity contribution < 1.29 is 22.7 Å². The number of hydrogen-bond donors (Lipinski definition) is 1. The van der Waals surface area contributed by atoms with Gasteiger partial charge in [0.05, 0.1) is 23.7 Å². The highest BCUT2D eigenvalue weighted by Gasteiger charge is 2.32. The molecule has 7 nitrogen and oxygen atoms in total. The van der Waals surface area contributed by atoms with E-state index < -0.39 is 21.7 Å². The zero-order valence-corrected chi connectivity index (χ0v) is 18.5. The molecule has 0 aromatic carbocycles. The number of sulfone groups is 1. The molecule has 0 aliphatic carbocycles. The molecule has 0 bridgehead atoms. The molecule has 1 aliphatic rings. The lowest BCUT2D eigenvalue weighted by atomic mass is 10.1. The fraction of sp³-hybridized carbons (Fsp3) is 0.278. The van der Waals surface area contributed by atoms with Crippen molar-refractivity contribution in [3.8, 4) is 10.6 Å². The summed E-state index contributed by atoms with van der Waals surface area (Å²) in [6.07, 6.45) is 0.233. The van der Waals surface area contributed by atoms with Crippen LogP contribution in [0.2, 0.25) is 0 Å². The summed E-state index contributed by atoms with van der Waals surface area (Å²) < 4.78 is 29.1. The van der Waals surface area contributed by atoms with E-state index in [4.69, 9.17) is 4.74 Å². The molecule has 11 heteroatoms. The molecule has 0 atom stereocenters. The van der Waals surface area contributed by atoms with Crippen LogP contribution in [0.25, 0.3) is 10.6 Å². The van der Waals surface area contributed by atoms with E-state index >= 15 is 0 Å². The van der Waals surface area contributed by atoms with Crippen molar-refractivity contribution in [1.82, 2.24) is 4.98 Å². The van der Waals surface area contributed by atoms with Gasteiger partial charge in [0.2, 0.25) is 0 Å². The maximum absolute atomic E-state index is 12.7. The molecule has 1 aliphatic heterocycles. The molecular weight excluding hydrogens is 452 g/mol. The number of hydrogen-bond acceptors (Lipinski definition) is 9. The van der Waals surface area contributed by atoms with Crippen LogP contribution < -0.4 is 5.32 Å². The summed E-state index contributed by atoms with van der Waals surface area (Å²) in [7, 11) is -3.20. The number of carbonyl (C=O) groups excluding carboxylic acids is 2. The number of fused-ring (bicyclic) bond motifs is 1. The first kappa shape index (κ1) is 20.2. The summed E-state index contributed by atoms with van der Waals surface area (Å²) in [6.45, 7) is 1.88. The van der Waals surface area contributed by atoms with Gasteiger partial charge in [0.25, 0.3) is 5.91 Å². The van der Waals surface area contributed by atoms with Crippen molar-refractivity contribution in [3.05, 3.63) is 43.9 Å². The number of anilines is 1. The van der Waals surface area contributed by atoms with Crippen molar-refractivity contribution in [2.75, 3.05) is 17.7 Å².